The van der Waals surface area contributed by atoms with Gasteiger partial charge in [-0.1, -0.05) is 57.2 Å². The van der Waals surface area contributed by atoms with Crippen molar-refractivity contribution in [2.45, 2.75) is 58.6 Å². The van der Waals surface area contributed by atoms with E-state index in [0.29, 0.717) is 11.1 Å². The number of ketones is 1. The Bertz CT molecular complexity index is 1140. The van der Waals surface area contributed by atoms with Gasteiger partial charge in [-0.05, 0) is 96.3 Å². The number of anilines is 1. The molecular formula is C29H32INO3. The maximum Gasteiger partial charge on any atom is 0.338 e. The lowest BCUT2D eigenvalue weighted by Crippen LogP contribution is -2.24. The van der Waals surface area contributed by atoms with Gasteiger partial charge in [0.25, 0.3) is 0 Å². The van der Waals surface area contributed by atoms with E-state index in [-0.39, 0.29) is 17.2 Å². The average Bonchev–Trinajstić information content (AvgIpc) is 2.76. The van der Waals surface area contributed by atoms with E-state index in [1.54, 1.807) is 24.3 Å². The van der Waals surface area contributed by atoms with Crippen molar-refractivity contribution in [2.75, 3.05) is 5.32 Å². The Balaban J connectivity index is 1.90. The normalized spacial score (nSPS) is 12.7. The summed E-state index contributed by atoms with van der Waals surface area (Å²) < 4.78 is 6.52. The minimum Gasteiger partial charge on any atom is -0.456 e. The first-order valence-electron chi connectivity index (χ1n) is 11.3. The summed E-state index contributed by atoms with van der Waals surface area (Å²) in [6.45, 7) is 12.0. The Kier molecular flexibility index (Phi) is 7.86. The second-order valence-corrected chi connectivity index (χ2v) is 11.6. The monoisotopic (exact) mass is 569 g/mol. The number of ether oxygens (including phenoxy) is 1. The van der Waals surface area contributed by atoms with Gasteiger partial charge in [-0.25, -0.2) is 4.79 Å². The van der Waals surface area contributed by atoms with Crippen molar-refractivity contribution in [1.82, 2.24) is 0 Å². The van der Waals surface area contributed by atoms with Gasteiger partial charge < -0.3 is 10.1 Å². The fraction of sp³-hybridized carbons (Fsp3) is 0.310. The van der Waals surface area contributed by atoms with E-state index in [2.05, 4.69) is 60.8 Å². The van der Waals surface area contributed by atoms with Crippen LogP contribution in [-0.4, -0.2) is 17.4 Å². The van der Waals surface area contributed by atoms with E-state index in [9.17, 15) is 9.59 Å². The molecule has 0 aromatic heterocycles. The van der Waals surface area contributed by atoms with Crippen LogP contribution in [0.5, 0.6) is 0 Å². The summed E-state index contributed by atoms with van der Waals surface area (Å²) in [6, 6.07) is 22.2. The Morgan fingerprint density at radius 3 is 1.79 bits per heavy atom. The molecule has 0 aliphatic heterocycles. The highest BCUT2D eigenvalue weighted by Crippen LogP contribution is 2.28. The first-order valence-corrected chi connectivity index (χ1v) is 12.4. The molecule has 0 aliphatic carbocycles. The zero-order valence-corrected chi connectivity index (χ0v) is 22.8. The van der Waals surface area contributed by atoms with Crippen LogP contribution in [-0.2, 0) is 10.2 Å². The number of hydrogen-bond donors (Lipinski definition) is 1. The number of esters is 1. The minimum atomic E-state index is -0.568. The zero-order valence-electron chi connectivity index (χ0n) is 20.6. The van der Waals surface area contributed by atoms with Gasteiger partial charge in [-0.2, -0.15) is 0 Å². The van der Waals surface area contributed by atoms with Gasteiger partial charge in [0.1, 0.15) is 11.6 Å². The molecule has 0 saturated heterocycles. The molecule has 0 saturated carbocycles. The number of rotatable bonds is 6. The predicted octanol–water partition coefficient (Wildman–Crippen LogP) is 7.58. The highest BCUT2D eigenvalue weighted by molar-refractivity contribution is 14.1. The van der Waals surface area contributed by atoms with Gasteiger partial charge in [0.15, 0.2) is 5.78 Å². The van der Waals surface area contributed by atoms with Crippen molar-refractivity contribution >= 4 is 40.0 Å². The van der Waals surface area contributed by atoms with Crippen LogP contribution in [0.2, 0.25) is 0 Å². The Labute approximate surface area is 216 Å². The van der Waals surface area contributed by atoms with Crippen molar-refractivity contribution < 1.29 is 14.3 Å². The zero-order chi connectivity index (χ0) is 25.1. The standard InChI is InChI=1S/C29H32INO3/c1-28(2,3)22-13-7-19(8-14-22)25(26(32)20-9-15-23(30)16-10-20)31-24-17-11-21(12-18-24)27(33)34-29(4,5)6/h7-18,25,31H,1-6H3. The Hall–Kier alpha value is -2.67. The maximum atomic E-state index is 13.5. The van der Waals surface area contributed by atoms with Crippen LogP contribution in [0.15, 0.2) is 72.8 Å². The molecule has 0 spiro atoms. The van der Waals surface area contributed by atoms with Crippen molar-refractivity contribution in [3.8, 4) is 0 Å². The van der Waals surface area contributed by atoms with Crippen molar-refractivity contribution in [2.24, 2.45) is 0 Å². The molecule has 0 heterocycles. The number of carbonyl (C=O) groups is 2. The fourth-order valence-electron chi connectivity index (χ4n) is 3.46. The summed E-state index contributed by atoms with van der Waals surface area (Å²) in [7, 11) is 0. The van der Waals surface area contributed by atoms with Crippen LogP contribution in [0.25, 0.3) is 0 Å². The topological polar surface area (TPSA) is 55.4 Å². The summed E-state index contributed by atoms with van der Waals surface area (Å²) in [5.74, 6) is -0.389. The van der Waals surface area contributed by atoms with E-state index in [4.69, 9.17) is 4.74 Å². The molecule has 1 N–H and O–H groups in total. The molecular weight excluding hydrogens is 537 g/mol. The molecule has 178 valence electrons. The number of carbonyl (C=O) groups excluding carboxylic acids is 2. The van der Waals surface area contributed by atoms with E-state index in [1.807, 2.05) is 57.2 Å². The molecule has 4 nitrogen and oxygen atoms in total. The Morgan fingerprint density at radius 1 is 0.765 bits per heavy atom. The Morgan fingerprint density at radius 2 is 1.29 bits per heavy atom. The number of benzene rings is 3. The summed E-state index contributed by atoms with van der Waals surface area (Å²) in [6.07, 6.45) is 0. The van der Waals surface area contributed by atoms with E-state index in [0.717, 1.165) is 14.8 Å². The molecule has 1 atom stereocenters. The molecule has 0 bridgehead atoms. The highest BCUT2D eigenvalue weighted by atomic mass is 127. The molecule has 0 fully saturated rings. The third-order valence-electron chi connectivity index (χ3n) is 5.33. The van der Waals surface area contributed by atoms with Crippen LogP contribution < -0.4 is 5.32 Å². The smallest absolute Gasteiger partial charge is 0.338 e. The molecule has 5 heteroatoms. The highest BCUT2D eigenvalue weighted by Gasteiger charge is 2.24. The van der Waals surface area contributed by atoms with Gasteiger partial charge in [0.2, 0.25) is 0 Å². The molecule has 0 amide bonds. The van der Waals surface area contributed by atoms with Gasteiger partial charge in [0, 0.05) is 14.8 Å². The van der Waals surface area contributed by atoms with Crippen LogP contribution >= 0.6 is 22.6 Å². The third-order valence-corrected chi connectivity index (χ3v) is 6.05. The van der Waals surface area contributed by atoms with Crippen LogP contribution in [0, 0.1) is 3.57 Å². The number of halogens is 1. The van der Waals surface area contributed by atoms with Crippen molar-refractivity contribution in [3.05, 3.63) is 98.6 Å². The van der Waals surface area contributed by atoms with Crippen LogP contribution in [0.4, 0.5) is 5.69 Å². The van der Waals surface area contributed by atoms with E-state index < -0.39 is 11.6 Å². The maximum absolute atomic E-state index is 13.5. The summed E-state index contributed by atoms with van der Waals surface area (Å²) >= 11 is 2.23. The average molecular weight is 569 g/mol. The third kappa shape index (κ3) is 6.92. The first kappa shape index (κ1) is 25.9. The quantitative estimate of drug-likeness (QED) is 0.189. The minimum absolute atomic E-state index is 0.0175. The largest absolute Gasteiger partial charge is 0.456 e. The van der Waals surface area contributed by atoms with Crippen LogP contribution in [0.1, 0.15) is 79.4 Å². The second kappa shape index (κ2) is 10.3. The summed E-state index contributed by atoms with van der Waals surface area (Å²) in [5.41, 5.74) is 3.41. The molecule has 1 unspecified atom stereocenters. The fourth-order valence-corrected chi connectivity index (χ4v) is 3.82. The number of nitrogens with one attached hydrogen (secondary N) is 1. The first-order chi connectivity index (χ1) is 15.8. The molecule has 0 aliphatic rings. The van der Waals surface area contributed by atoms with Crippen molar-refractivity contribution in [1.29, 1.82) is 0 Å². The summed E-state index contributed by atoms with van der Waals surface area (Å²) in [5, 5.41) is 3.38. The predicted molar refractivity (Wildman–Crippen MR) is 147 cm³/mol. The lowest BCUT2D eigenvalue weighted by molar-refractivity contribution is 0.00694. The van der Waals surface area contributed by atoms with E-state index in [1.165, 1.54) is 5.56 Å². The molecule has 3 aromatic carbocycles. The molecule has 3 rings (SSSR count). The lowest BCUT2D eigenvalue weighted by Gasteiger charge is -2.23. The molecule has 3 aromatic rings. The lowest BCUT2D eigenvalue weighted by atomic mass is 9.85. The van der Waals surface area contributed by atoms with Gasteiger partial charge in [-0.3, -0.25) is 4.79 Å². The van der Waals surface area contributed by atoms with Gasteiger partial charge in [0.05, 0.1) is 5.56 Å². The van der Waals surface area contributed by atoms with Gasteiger partial charge >= 0.3 is 5.97 Å². The SMILES string of the molecule is CC(C)(C)OC(=O)c1ccc(NC(C(=O)c2ccc(I)cc2)c2ccc(C(C)(C)C)cc2)cc1. The second-order valence-electron chi connectivity index (χ2n) is 10.4. The number of hydrogen-bond acceptors (Lipinski definition) is 4. The van der Waals surface area contributed by atoms with E-state index >= 15 is 0 Å². The molecule has 0 radical (unpaired) electrons. The molecule has 34 heavy (non-hydrogen) atoms. The summed E-state index contributed by atoms with van der Waals surface area (Å²) in [4.78, 5) is 25.9. The van der Waals surface area contributed by atoms with Crippen molar-refractivity contribution in [3.63, 3.8) is 0 Å². The number of Topliss-reactive ketones (excluding diaryl/α,β-unsaturated/α-hetero) is 1. The van der Waals surface area contributed by atoms with Crippen LogP contribution in [0.3, 0.4) is 0 Å². The van der Waals surface area contributed by atoms with Gasteiger partial charge in [-0.15, -0.1) is 0 Å².